The number of likely N-dealkylation sites (N-methyl/N-ethyl adjacent to an activating group) is 1. The predicted molar refractivity (Wildman–Crippen MR) is 68.9 cm³/mol. The molecule has 0 aliphatic rings. The zero-order chi connectivity index (χ0) is 13.0. The van der Waals surface area contributed by atoms with Crippen molar-refractivity contribution < 1.29 is 4.39 Å². The van der Waals surface area contributed by atoms with Crippen LogP contribution in [0.3, 0.4) is 0 Å². The Balaban J connectivity index is 2.21. The van der Waals surface area contributed by atoms with Gasteiger partial charge in [-0.2, -0.15) is 0 Å². The van der Waals surface area contributed by atoms with E-state index < -0.39 is 0 Å². The lowest BCUT2D eigenvalue weighted by molar-refractivity contribution is 0.543. The van der Waals surface area contributed by atoms with Gasteiger partial charge in [-0.3, -0.25) is 9.97 Å². The smallest absolute Gasteiger partial charge is 0.127 e. The summed E-state index contributed by atoms with van der Waals surface area (Å²) in [4.78, 5) is 8.23. The Morgan fingerprint density at radius 3 is 2.83 bits per heavy atom. The summed E-state index contributed by atoms with van der Waals surface area (Å²) in [5.74, 6) is -0.299. The first kappa shape index (κ1) is 12.9. The molecule has 0 aliphatic heterocycles. The highest BCUT2D eigenvalue weighted by molar-refractivity contribution is 6.30. The second kappa shape index (κ2) is 5.89. The summed E-state index contributed by atoms with van der Waals surface area (Å²) in [7, 11) is 1.81. The van der Waals surface area contributed by atoms with Gasteiger partial charge in [0.2, 0.25) is 0 Å². The lowest BCUT2D eigenvalue weighted by Crippen LogP contribution is -2.20. The van der Waals surface area contributed by atoms with Crippen LogP contribution in [-0.4, -0.2) is 17.0 Å². The Labute approximate surface area is 110 Å². The molecule has 0 fully saturated rings. The number of halogens is 2. The first-order valence-electron chi connectivity index (χ1n) is 5.58. The predicted octanol–water partition coefficient (Wildman–Crippen LogP) is 2.77. The molecular weight excluding hydrogens is 253 g/mol. The molecule has 0 aliphatic carbocycles. The Morgan fingerprint density at radius 2 is 2.22 bits per heavy atom. The first-order valence-corrected chi connectivity index (χ1v) is 5.95. The van der Waals surface area contributed by atoms with Gasteiger partial charge in [0.05, 0.1) is 11.7 Å². The lowest BCUT2D eigenvalue weighted by Gasteiger charge is -2.15. The number of benzene rings is 1. The van der Waals surface area contributed by atoms with Gasteiger partial charge in [0, 0.05) is 23.6 Å². The molecule has 1 heterocycles. The van der Waals surface area contributed by atoms with Crippen LogP contribution in [0.5, 0.6) is 0 Å². The van der Waals surface area contributed by atoms with E-state index in [1.165, 1.54) is 6.07 Å². The fourth-order valence-corrected chi connectivity index (χ4v) is 1.91. The Kier molecular flexibility index (Phi) is 4.23. The average Bonchev–Trinajstić information content (AvgIpc) is 2.39. The number of rotatable bonds is 4. The minimum atomic E-state index is -0.299. The highest BCUT2D eigenvalue weighted by Gasteiger charge is 2.14. The maximum atomic E-state index is 13.7. The van der Waals surface area contributed by atoms with E-state index in [1.807, 2.05) is 7.05 Å². The normalized spacial score (nSPS) is 12.4. The van der Waals surface area contributed by atoms with Crippen LogP contribution in [0.25, 0.3) is 0 Å². The number of aromatic nitrogens is 2. The zero-order valence-electron chi connectivity index (χ0n) is 9.90. The highest BCUT2D eigenvalue weighted by atomic mass is 35.5. The van der Waals surface area contributed by atoms with Gasteiger partial charge in [0.1, 0.15) is 5.82 Å². The molecule has 0 amide bonds. The summed E-state index contributed by atoms with van der Waals surface area (Å²) in [5, 5.41) is 3.51. The Bertz CT molecular complexity index is 519. The van der Waals surface area contributed by atoms with Crippen LogP contribution in [-0.2, 0) is 6.42 Å². The van der Waals surface area contributed by atoms with E-state index in [4.69, 9.17) is 11.6 Å². The third kappa shape index (κ3) is 3.03. The molecule has 18 heavy (non-hydrogen) atoms. The largest absolute Gasteiger partial charge is 0.311 e. The second-order valence-electron chi connectivity index (χ2n) is 3.91. The molecule has 0 saturated heterocycles. The first-order chi connectivity index (χ1) is 8.70. The Hall–Kier alpha value is -1.52. The van der Waals surface area contributed by atoms with Gasteiger partial charge in [-0.1, -0.05) is 17.7 Å². The zero-order valence-corrected chi connectivity index (χ0v) is 10.7. The van der Waals surface area contributed by atoms with Crippen LogP contribution < -0.4 is 5.32 Å². The van der Waals surface area contributed by atoms with Crippen molar-refractivity contribution in [3.63, 3.8) is 0 Å². The van der Waals surface area contributed by atoms with Gasteiger partial charge in [-0.15, -0.1) is 0 Å². The van der Waals surface area contributed by atoms with Gasteiger partial charge in [0.15, 0.2) is 0 Å². The van der Waals surface area contributed by atoms with Crippen molar-refractivity contribution in [1.29, 1.82) is 0 Å². The minimum absolute atomic E-state index is 0.0747. The van der Waals surface area contributed by atoms with Crippen molar-refractivity contribution >= 4 is 11.6 Å². The fraction of sp³-hybridized carbons (Fsp3) is 0.231. The van der Waals surface area contributed by atoms with Crippen molar-refractivity contribution in [3.8, 4) is 0 Å². The number of hydrogen-bond donors (Lipinski definition) is 1. The fourth-order valence-electron chi connectivity index (χ4n) is 1.75. The maximum absolute atomic E-state index is 13.7. The summed E-state index contributed by atoms with van der Waals surface area (Å²) in [6.07, 6.45) is 5.41. The van der Waals surface area contributed by atoms with Crippen LogP contribution in [0.15, 0.2) is 36.8 Å². The monoisotopic (exact) mass is 265 g/mol. The molecule has 1 N–H and O–H groups in total. The molecule has 2 rings (SSSR count). The van der Waals surface area contributed by atoms with Crippen molar-refractivity contribution in [3.05, 3.63) is 58.9 Å². The van der Waals surface area contributed by atoms with Crippen LogP contribution in [0.2, 0.25) is 5.02 Å². The number of nitrogens with one attached hydrogen (secondary N) is 1. The van der Waals surface area contributed by atoms with Crippen molar-refractivity contribution in [2.75, 3.05) is 7.05 Å². The van der Waals surface area contributed by atoms with E-state index in [0.717, 1.165) is 5.69 Å². The van der Waals surface area contributed by atoms with E-state index in [9.17, 15) is 4.39 Å². The molecule has 1 unspecified atom stereocenters. The number of hydrogen-bond acceptors (Lipinski definition) is 3. The van der Waals surface area contributed by atoms with Crippen molar-refractivity contribution in [2.45, 2.75) is 12.5 Å². The SMILES string of the molecule is CNC(Cc1ccc(Cl)cc1F)c1cnccn1. The number of nitrogens with zero attached hydrogens (tertiary/aromatic N) is 2. The molecule has 2 aromatic rings. The van der Waals surface area contributed by atoms with E-state index in [0.29, 0.717) is 17.0 Å². The minimum Gasteiger partial charge on any atom is -0.311 e. The standard InChI is InChI=1S/C13H13ClFN3/c1-16-12(13-8-17-4-5-18-13)6-9-2-3-10(14)7-11(9)15/h2-5,7-8,12,16H,6H2,1H3. The van der Waals surface area contributed by atoms with E-state index in [2.05, 4.69) is 15.3 Å². The molecule has 0 radical (unpaired) electrons. The molecule has 1 aromatic heterocycles. The van der Waals surface area contributed by atoms with Gasteiger partial charge in [-0.05, 0) is 31.2 Å². The van der Waals surface area contributed by atoms with Gasteiger partial charge in [-0.25, -0.2) is 4.39 Å². The van der Waals surface area contributed by atoms with Gasteiger partial charge < -0.3 is 5.32 Å². The van der Waals surface area contributed by atoms with E-state index >= 15 is 0 Å². The second-order valence-corrected chi connectivity index (χ2v) is 4.35. The van der Waals surface area contributed by atoms with Crippen LogP contribution >= 0.6 is 11.6 Å². The van der Waals surface area contributed by atoms with E-state index in [1.54, 1.807) is 30.7 Å². The van der Waals surface area contributed by atoms with Gasteiger partial charge in [0.25, 0.3) is 0 Å². The molecule has 0 saturated carbocycles. The van der Waals surface area contributed by atoms with Crippen molar-refractivity contribution in [1.82, 2.24) is 15.3 Å². The van der Waals surface area contributed by atoms with Crippen LogP contribution in [0.4, 0.5) is 4.39 Å². The molecule has 3 nitrogen and oxygen atoms in total. The molecule has 0 spiro atoms. The topological polar surface area (TPSA) is 37.8 Å². The molecule has 0 bridgehead atoms. The molecule has 94 valence electrons. The van der Waals surface area contributed by atoms with Gasteiger partial charge >= 0.3 is 0 Å². The summed E-state index contributed by atoms with van der Waals surface area (Å²) < 4.78 is 13.7. The van der Waals surface area contributed by atoms with Crippen molar-refractivity contribution in [2.24, 2.45) is 0 Å². The quantitative estimate of drug-likeness (QED) is 0.924. The molecular formula is C13H13ClFN3. The average molecular weight is 266 g/mol. The summed E-state index contributed by atoms with van der Waals surface area (Å²) in [6.45, 7) is 0. The molecule has 5 heteroatoms. The van der Waals surface area contributed by atoms with Crippen LogP contribution in [0.1, 0.15) is 17.3 Å². The summed E-state index contributed by atoms with van der Waals surface area (Å²) >= 11 is 5.73. The third-order valence-electron chi connectivity index (χ3n) is 2.73. The molecule has 1 atom stereocenters. The van der Waals surface area contributed by atoms with E-state index in [-0.39, 0.29) is 11.9 Å². The highest BCUT2D eigenvalue weighted by Crippen LogP contribution is 2.20. The maximum Gasteiger partial charge on any atom is 0.127 e. The molecule has 1 aromatic carbocycles. The third-order valence-corrected chi connectivity index (χ3v) is 2.96. The summed E-state index contributed by atoms with van der Waals surface area (Å²) in [5.41, 5.74) is 1.39. The summed E-state index contributed by atoms with van der Waals surface area (Å²) in [6, 6.07) is 4.62. The lowest BCUT2D eigenvalue weighted by atomic mass is 10.0. The van der Waals surface area contributed by atoms with Crippen LogP contribution in [0, 0.1) is 5.82 Å². The Morgan fingerprint density at radius 1 is 1.39 bits per heavy atom.